The fourth-order valence-electron chi connectivity index (χ4n) is 4.57. The monoisotopic (exact) mass is 437 g/mol. The number of rotatable bonds is 6. The Morgan fingerprint density at radius 1 is 0.875 bits per heavy atom. The lowest BCUT2D eigenvalue weighted by molar-refractivity contribution is -0.137. The summed E-state index contributed by atoms with van der Waals surface area (Å²) in [7, 11) is 3.13. The number of nitrogens with zero attached hydrogens (tertiary/aromatic N) is 3. The third-order valence-corrected chi connectivity index (χ3v) is 6.35. The van der Waals surface area contributed by atoms with Crippen LogP contribution in [0.4, 0.5) is 0 Å². The van der Waals surface area contributed by atoms with E-state index in [1.807, 2.05) is 23.1 Å². The molecule has 2 aromatic rings. The van der Waals surface area contributed by atoms with Gasteiger partial charge in [0, 0.05) is 44.4 Å². The Morgan fingerprint density at radius 2 is 1.50 bits per heavy atom. The number of methoxy groups -OCH3 is 2. The third-order valence-electron chi connectivity index (χ3n) is 6.35. The van der Waals surface area contributed by atoms with Crippen LogP contribution in [-0.2, 0) is 11.3 Å². The summed E-state index contributed by atoms with van der Waals surface area (Å²) < 4.78 is 10.6. The van der Waals surface area contributed by atoms with Crippen molar-refractivity contribution in [2.45, 2.75) is 25.4 Å². The predicted octanol–water partition coefficient (Wildman–Crippen LogP) is 2.65. The van der Waals surface area contributed by atoms with Crippen LogP contribution >= 0.6 is 0 Å². The molecule has 0 aromatic heterocycles. The number of carbonyl (C=O) groups is 2. The summed E-state index contributed by atoms with van der Waals surface area (Å²) in [6.45, 7) is 3.91. The molecule has 0 spiro atoms. The minimum atomic E-state index is -0.0693. The molecule has 0 saturated carbocycles. The van der Waals surface area contributed by atoms with Crippen LogP contribution < -0.4 is 9.47 Å². The molecular formula is C25H31N3O4. The zero-order valence-electron chi connectivity index (χ0n) is 18.8. The van der Waals surface area contributed by atoms with Crippen molar-refractivity contribution in [3.8, 4) is 11.5 Å². The second-order valence-electron chi connectivity index (χ2n) is 8.33. The van der Waals surface area contributed by atoms with Crippen LogP contribution in [0.1, 0.15) is 28.8 Å². The number of amides is 2. The van der Waals surface area contributed by atoms with E-state index in [-0.39, 0.29) is 17.9 Å². The fraction of sp³-hybridized carbons (Fsp3) is 0.440. The number of hydrogen-bond donors (Lipinski definition) is 0. The summed E-state index contributed by atoms with van der Waals surface area (Å²) >= 11 is 0. The average molecular weight is 438 g/mol. The third kappa shape index (κ3) is 4.88. The Hall–Kier alpha value is -3.06. The van der Waals surface area contributed by atoms with Crippen LogP contribution in [0, 0.1) is 0 Å². The molecule has 32 heavy (non-hydrogen) atoms. The molecule has 1 unspecified atom stereocenters. The molecular weight excluding hydrogens is 406 g/mol. The summed E-state index contributed by atoms with van der Waals surface area (Å²) in [5.74, 6) is 1.29. The molecule has 7 heteroatoms. The smallest absolute Gasteiger partial charge is 0.254 e. The number of hydrogen-bond acceptors (Lipinski definition) is 5. The Balaban J connectivity index is 1.36. The first-order chi connectivity index (χ1) is 15.6. The van der Waals surface area contributed by atoms with Crippen molar-refractivity contribution in [3.63, 3.8) is 0 Å². The number of ether oxygens (including phenoxy) is 2. The first-order valence-corrected chi connectivity index (χ1v) is 11.2. The molecule has 2 aromatic carbocycles. The van der Waals surface area contributed by atoms with Gasteiger partial charge in [-0.1, -0.05) is 30.3 Å². The van der Waals surface area contributed by atoms with Crippen LogP contribution in [0.25, 0.3) is 0 Å². The number of piperazine rings is 1. The molecule has 4 rings (SSSR count). The fourth-order valence-corrected chi connectivity index (χ4v) is 4.57. The van der Waals surface area contributed by atoms with Gasteiger partial charge < -0.3 is 19.3 Å². The van der Waals surface area contributed by atoms with Crippen molar-refractivity contribution >= 4 is 11.8 Å². The van der Waals surface area contributed by atoms with Gasteiger partial charge >= 0.3 is 0 Å². The summed E-state index contributed by atoms with van der Waals surface area (Å²) in [5, 5.41) is 0. The topological polar surface area (TPSA) is 62.3 Å². The second-order valence-corrected chi connectivity index (χ2v) is 8.33. The average Bonchev–Trinajstić information content (AvgIpc) is 3.31. The Morgan fingerprint density at radius 3 is 2.12 bits per heavy atom. The zero-order valence-corrected chi connectivity index (χ0v) is 18.8. The van der Waals surface area contributed by atoms with Crippen LogP contribution in [0.15, 0.2) is 48.5 Å². The maximum absolute atomic E-state index is 13.3. The van der Waals surface area contributed by atoms with Gasteiger partial charge in [-0.05, 0) is 37.1 Å². The van der Waals surface area contributed by atoms with Gasteiger partial charge in [-0.25, -0.2) is 0 Å². The standard InChI is InChI=1S/C25H31N3O4/c1-31-21-15-20(16-22(17-21)32-2)24(29)26-11-13-27(14-12-26)25(30)23-9-6-10-28(23)18-19-7-4-3-5-8-19/h3-5,7-8,15-17,23H,6,9-14,18H2,1-2H3. The van der Waals surface area contributed by atoms with Gasteiger partial charge in [0.15, 0.2) is 0 Å². The van der Waals surface area contributed by atoms with E-state index in [0.717, 1.165) is 25.9 Å². The summed E-state index contributed by atoms with van der Waals surface area (Å²) in [4.78, 5) is 32.3. The van der Waals surface area contributed by atoms with Crippen molar-refractivity contribution in [2.75, 3.05) is 46.9 Å². The molecule has 170 valence electrons. The highest BCUT2D eigenvalue weighted by Gasteiger charge is 2.35. The van der Waals surface area contributed by atoms with Gasteiger partial charge in [0.2, 0.25) is 5.91 Å². The molecule has 2 fully saturated rings. The summed E-state index contributed by atoms with van der Waals surface area (Å²) in [6.07, 6.45) is 1.94. The maximum atomic E-state index is 13.3. The maximum Gasteiger partial charge on any atom is 0.254 e. The highest BCUT2D eigenvalue weighted by Crippen LogP contribution is 2.25. The SMILES string of the molecule is COc1cc(OC)cc(C(=O)N2CCN(C(=O)C3CCCN3Cc3ccccc3)CC2)c1. The number of carbonyl (C=O) groups excluding carboxylic acids is 2. The van der Waals surface area contributed by atoms with E-state index in [9.17, 15) is 9.59 Å². The molecule has 2 heterocycles. The second kappa shape index (κ2) is 10.0. The molecule has 1 atom stereocenters. The highest BCUT2D eigenvalue weighted by atomic mass is 16.5. The number of benzene rings is 2. The van der Waals surface area contributed by atoms with Crippen molar-refractivity contribution < 1.29 is 19.1 Å². The van der Waals surface area contributed by atoms with Crippen LogP contribution in [0.2, 0.25) is 0 Å². The first-order valence-electron chi connectivity index (χ1n) is 11.2. The van der Waals surface area contributed by atoms with Crippen molar-refractivity contribution in [3.05, 3.63) is 59.7 Å². The minimum absolute atomic E-state index is 0.0686. The van der Waals surface area contributed by atoms with Gasteiger partial charge in [0.25, 0.3) is 5.91 Å². The molecule has 0 radical (unpaired) electrons. The largest absolute Gasteiger partial charge is 0.497 e. The van der Waals surface area contributed by atoms with Crippen LogP contribution in [-0.4, -0.2) is 79.5 Å². The van der Waals surface area contributed by atoms with Crippen molar-refractivity contribution in [1.29, 1.82) is 0 Å². The quantitative estimate of drug-likeness (QED) is 0.695. The lowest BCUT2D eigenvalue weighted by atomic mass is 10.1. The molecule has 0 bridgehead atoms. The van der Waals surface area contributed by atoms with E-state index in [4.69, 9.17) is 9.47 Å². The van der Waals surface area contributed by atoms with E-state index >= 15 is 0 Å². The lowest BCUT2D eigenvalue weighted by Gasteiger charge is -2.37. The lowest BCUT2D eigenvalue weighted by Crippen LogP contribution is -2.54. The summed E-state index contributed by atoms with van der Waals surface area (Å²) in [5.41, 5.74) is 1.77. The number of likely N-dealkylation sites (tertiary alicyclic amines) is 1. The first kappa shape index (κ1) is 22.1. The van der Waals surface area contributed by atoms with E-state index in [0.29, 0.717) is 43.2 Å². The van der Waals surface area contributed by atoms with Gasteiger partial charge in [-0.2, -0.15) is 0 Å². The molecule has 2 saturated heterocycles. The van der Waals surface area contributed by atoms with E-state index in [1.165, 1.54) is 5.56 Å². The molecule has 0 N–H and O–H groups in total. The van der Waals surface area contributed by atoms with Crippen LogP contribution in [0.5, 0.6) is 11.5 Å². The predicted molar refractivity (Wildman–Crippen MR) is 122 cm³/mol. The van der Waals surface area contributed by atoms with Gasteiger partial charge in [0.1, 0.15) is 11.5 Å². The Kier molecular flexibility index (Phi) is 6.95. The van der Waals surface area contributed by atoms with Gasteiger partial charge in [-0.3, -0.25) is 14.5 Å². The molecule has 0 aliphatic carbocycles. The normalized spacial score (nSPS) is 19.1. The van der Waals surface area contributed by atoms with Crippen molar-refractivity contribution in [2.24, 2.45) is 0 Å². The van der Waals surface area contributed by atoms with E-state index < -0.39 is 0 Å². The van der Waals surface area contributed by atoms with Crippen LogP contribution in [0.3, 0.4) is 0 Å². The Bertz CT molecular complexity index is 919. The highest BCUT2D eigenvalue weighted by molar-refractivity contribution is 5.95. The Labute approximate surface area is 189 Å². The van der Waals surface area contributed by atoms with Gasteiger partial charge in [0.05, 0.1) is 20.3 Å². The van der Waals surface area contributed by atoms with Crippen molar-refractivity contribution in [1.82, 2.24) is 14.7 Å². The molecule has 2 aliphatic rings. The van der Waals surface area contributed by atoms with E-state index in [2.05, 4.69) is 17.0 Å². The van der Waals surface area contributed by atoms with E-state index in [1.54, 1.807) is 37.3 Å². The molecule has 2 amide bonds. The summed E-state index contributed by atoms with van der Waals surface area (Å²) in [6, 6.07) is 15.4. The van der Waals surface area contributed by atoms with Gasteiger partial charge in [-0.15, -0.1) is 0 Å². The molecule has 2 aliphatic heterocycles. The zero-order chi connectivity index (χ0) is 22.5. The molecule has 7 nitrogen and oxygen atoms in total. The minimum Gasteiger partial charge on any atom is -0.497 e.